The molecule has 166 valence electrons. The highest BCUT2D eigenvalue weighted by molar-refractivity contribution is 5.80. The van der Waals surface area contributed by atoms with Crippen LogP contribution in [0.4, 0.5) is 0 Å². The first-order valence-electron chi connectivity index (χ1n) is 11.2. The van der Waals surface area contributed by atoms with Crippen molar-refractivity contribution in [3.8, 4) is 5.75 Å². The van der Waals surface area contributed by atoms with Crippen LogP contribution in [-0.2, 0) is 14.9 Å². The van der Waals surface area contributed by atoms with E-state index in [1.807, 2.05) is 17.0 Å². The lowest BCUT2D eigenvalue weighted by Crippen LogP contribution is -2.42. The molecule has 1 aromatic rings. The molecule has 7 heteroatoms. The molecular formula is C23H36N4O3. The van der Waals surface area contributed by atoms with Gasteiger partial charge in [-0.3, -0.25) is 9.79 Å². The molecular weight excluding hydrogens is 380 g/mol. The molecule has 2 heterocycles. The van der Waals surface area contributed by atoms with Crippen molar-refractivity contribution in [1.82, 2.24) is 15.5 Å². The second-order valence-corrected chi connectivity index (χ2v) is 8.08. The third-order valence-corrected chi connectivity index (χ3v) is 6.10. The predicted octanol–water partition coefficient (Wildman–Crippen LogP) is 2.31. The number of likely N-dealkylation sites (tertiary alicyclic amines) is 1. The third kappa shape index (κ3) is 5.88. The summed E-state index contributed by atoms with van der Waals surface area (Å²) in [5.41, 5.74) is 1.27. The van der Waals surface area contributed by atoms with E-state index in [9.17, 15) is 4.79 Å². The molecule has 0 radical (unpaired) electrons. The van der Waals surface area contributed by atoms with Crippen LogP contribution in [0.2, 0.25) is 0 Å². The van der Waals surface area contributed by atoms with E-state index in [-0.39, 0.29) is 11.3 Å². The van der Waals surface area contributed by atoms with Gasteiger partial charge in [-0.05, 0) is 50.3 Å². The first-order chi connectivity index (χ1) is 14.7. The van der Waals surface area contributed by atoms with E-state index in [4.69, 9.17) is 14.5 Å². The molecule has 2 aliphatic heterocycles. The fourth-order valence-corrected chi connectivity index (χ4v) is 4.23. The SMILES string of the molecule is CCNC(=NCC1(c2ccc(OC)cc2)CCOCC1)NCCCN1CCCC1=O. The van der Waals surface area contributed by atoms with Gasteiger partial charge in [0.15, 0.2) is 5.96 Å². The van der Waals surface area contributed by atoms with Crippen LogP contribution < -0.4 is 15.4 Å². The number of methoxy groups -OCH3 is 1. The summed E-state index contributed by atoms with van der Waals surface area (Å²) in [6.07, 6.45) is 4.54. The van der Waals surface area contributed by atoms with Crippen LogP contribution in [0.5, 0.6) is 5.75 Å². The van der Waals surface area contributed by atoms with E-state index < -0.39 is 0 Å². The molecule has 0 atom stereocenters. The summed E-state index contributed by atoms with van der Waals surface area (Å²) in [7, 11) is 1.69. The molecule has 2 aliphatic rings. The van der Waals surface area contributed by atoms with Gasteiger partial charge in [0.05, 0.1) is 13.7 Å². The Morgan fingerprint density at radius 1 is 1.23 bits per heavy atom. The molecule has 1 aromatic carbocycles. The van der Waals surface area contributed by atoms with Gasteiger partial charge in [0.2, 0.25) is 5.91 Å². The Morgan fingerprint density at radius 2 is 2.00 bits per heavy atom. The van der Waals surface area contributed by atoms with Crippen LogP contribution in [0.25, 0.3) is 0 Å². The number of ether oxygens (including phenoxy) is 2. The summed E-state index contributed by atoms with van der Waals surface area (Å²) >= 11 is 0. The van der Waals surface area contributed by atoms with Crippen molar-refractivity contribution < 1.29 is 14.3 Å². The Morgan fingerprint density at radius 3 is 2.63 bits per heavy atom. The second-order valence-electron chi connectivity index (χ2n) is 8.08. The number of nitrogens with one attached hydrogen (secondary N) is 2. The maximum Gasteiger partial charge on any atom is 0.222 e. The molecule has 3 rings (SSSR count). The Hall–Kier alpha value is -2.28. The zero-order valence-corrected chi connectivity index (χ0v) is 18.4. The van der Waals surface area contributed by atoms with Gasteiger partial charge < -0.3 is 25.0 Å². The zero-order valence-electron chi connectivity index (χ0n) is 18.4. The quantitative estimate of drug-likeness (QED) is 0.367. The number of aliphatic imine (C=N–C) groups is 1. The molecule has 30 heavy (non-hydrogen) atoms. The first kappa shape index (κ1) is 22.4. The molecule has 0 spiro atoms. The van der Waals surface area contributed by atoms with E-state index in [2.05, 4.69) is 29.7 Å². The van der Waals surface area contributed by atoms with Gasteiger partial charge in [0.25, 0.3) is 0 Å². The summed E-state index contributed by atoms with van der Waals surface area (Å²) in [6.45, 7) is 7.64. The first-order valence-corrected chi connectivity index (χ1v) is 11.2. The number of hydrogen-bond donors (Lipinski definition) is 2. The zero-order chi connectivity index (χ0) is 21.2. The Labute approximate surface area is 180 Å². The van der Waals surface area contributed by atoms with Crippen LogP contribution in [0.3, 0.4) is 0 Å². The van der Waals surface area contributed by atoms with Crippen molar-refractivity contribution in [3.05, 3.63) is 29.8 Å². The molecule has 0 bridgehead atoms. The van der Waals surface area contributed by atoms with Crippen molar-refractivity contribution in [2.75, 3.05) is 53.0 Å². The van der Waals surface area contributed by atoms with Gasteiger partial charge in [-0.15, -0.1) is 0 Å². The van der Waals surface area contributed by atoms with Gasteiger partial charge in [0.1, 0.15) is 5.75 Å². The molecule has 2 N–H and O–H groups in total. The Balaban J connectivity index is 1.61. The summed E-state index contributed by atoms with van der Waals surface area (Å²) < 4.78 is 11.0. The molecule has 0 unspecified atom stereocenters. The number of nitrogens with zero attached hydrogens (tertiary/aromatic N) is 2. The van der Waals surface area contributed by atoms with Crippen molar-refractivity contribution in [3.63, 3.8) is 0 Å². The highest BCUT2D eigenvalue weighted by atomic mass is 16.5. The normalized spacial score (nSPS) is 19.1. The largest absolute Gasteiger partial charge is 0.497 e. The average molecular weight is 417 g/mol. The van der Waals surface area contributed by atoms with Gasteiger partial charge in [0, 0.05) is 51.2 Å². The highest BCUT2D eigenvalue weighted by Crippen LogP contribution is 2.36. The van der Waals surface area contributed by atoms with E-state index >= 15 is 0 Å². The minimum Gasteiger partial charge on any atom is -0.497 e. The lowest BCUT2D eigenvalue weighted by molar-refractivity contribution is -0.127. The molecule has 0 aromatic heterocycles. The molecule has 2 saturated heterocycles. The Kier molecular flexibility index (Phi) is 8.37. The maximum absolute atomic E-state index is 11.7. The lowest BCUT2D eigenvalue weighted by Gasteiger charge is -2.36. The van der Waals surface area contributed by atoms with Crippen molar-refractivity contribution in [2.24, 2.45) is 4.99 Å². The topological polar surface area (TPSA) is 75.2 Å². The molecule has 1 amide bonds. The fraction of sp³-hybridized carbons (Fsp3) is 0.652. The van der Waals surface area contributed by atoms with Crippen LogP contribution >= 0.6 is 0 Å². The van der Waals surface area contributed by atoms with Crippen LogP contribution in [0, 0.1) is 0 Å². The molecule has 0 aliphatic carbocycles. The van der Waals surface area contributed by atoms with Crippen molar-refractivity contribution in [2.45, 2.75) is 44.4 Å². The number of hydrogen-bond acceptors (Lipinski definition) is 4. The summed E-state index contributed by atoms with van der Waals surface area (Å²) in [4.78, 5) is 18.6. The predicted molar refractivity (Wildman–Crippen MR) is 119 cm³/mol. The second kappa shape index (κ2) is 11.2. The summed E-state index contributed by atoms with van der Waals surface area (Å²) in [5.74, 6) is 2.00. The van der Waals surface area contributed by atoms with Crippen LogP contribution in [-0.4, -0.2) is 69.8 Å². The number of rotatable bonds is 9. The minimum absolute atomic E-state index is 0.0190. The number of carbonyl (C=O) groups is 1. The maximum atomic E-state index is 11.7. The van der Waals surface area contributed by atoms with Gasteiger partial charge in [-0.25, -0.2) is 0 Å². The molecule has 0 saturated carbocycles. The fourth-order valence-electron chi connectivity index (χ4n) is 4.23. The lowest BCUT2D eigenvalue weighted by atomic mass is 9.74. The molecule has 2 fully saturated rings. The van der Waals surface area contributed by atoms with Crippen molar-refractivity contribution in [1.29, 1.82) is 0 Å². The van der Waals surface area contributed by atoms with Crippen molar-refractivity contribution >= 4 is 11.9 Å². The summed E-state index contributed by atoms with van der Waals surface area (Å²) in [5, 5.41) is 6.79. The monoisotopic (exact) mass is 416 g/mol. The van der Waals surface area contributed by atoms with Crippen LogP contribution in [0.15, 0.2) is 29.3 Å². The summed E-state index contributed by atoms with van der Waals surface area (Å²) in [6, 6.07) is 8.37. The Bertz CT molecular complexity index is 699. The van der Waals surface area contributed by atoms with Gasteiger partial charge in [-0.2, -0.15) is 0 Å². The standard InChI is InChI=1S/C23H36N4O3/c1-3-24-22(25-13-5-15-27-14-4-6-21(27)28)26-18-23(11-16-30-17-12-23)19-7-9-20(29-2)10-8-19/h7-10H,3-6,11-18H2,1-2H3,(H2,24,25,26). The smallest absolute Gasteiger partial charge is 0.222 e. The average Bonchev–Trinajstić information content (AvgIpc) is 3.20. The van der Waals surface area contributed by atoms with E-state index in [0.29, 0.717) is 13.0 Å². The van der Waals surface area contributed by atoms with E-state index in [0.717, 1.165) is 76.8 Å². The van der Waals surface area contributed by atoms with Gasteiger partial charge >= 0.3 is 0 Å². The number of carbonyl (C=O) groups excluding carboxylic acids is 1. The number of amides is 1. The van der Waals surface area contributed by atoms with Crippen LogP contribution in [0.1, 0.15) is 44.6 Å². The number of benzene rings is 1. The molecule has 7 nitrogen and oxygen atoms in total. The third-order valence-electron chi connectivity index (χ3n) is 6.10. The number of guanidine groups is 1. The van der Waals surface area contributed by atoms with E-state index in [1.165, 1.54) is 5.56 Å². The van der Waals surface area contributed by atoms with Gasteiger partial charge in [-0.1, -0.05) is 12.1 Å². The minimum atomic E-state index is -0.0190. The van der Waals surface area contributed by atoms with E-state index in [1.54, 1.807) is 7.11 Å². The highest BCUT2D eigenvalue weighted by Gasteiger charge is 2.34.